The number of benzene rings is 2. The number of para-hydroxylation sites is 1. The Labute approximate surface area is 165 Å². The van der Waals surface area contributed by atoms with E-state index in [1.54, 1.807) is 43.5 Å². The normalized spacial score (nSPS) is 11.6. The average molecular weight is 400 g/mol. The van der Waals surface area contributed by atoms with Gasteiger partial charge in [0.15, 0.2) is 4.80 Å². The second kappa shape index (κ2) is 8.81. The number of carbonyl (C=O) groups is 2. The number of hydrogen-bond acceptors (Lipinski definition) is 6. The number of rotatable bonds is 6. The molecular weight excluding hydrogens is 380 g/mol. The number of methoxy groups -OCH3 is 3. The van der Waals surface area contributed by atoms with Crippen molar-refractivity contribution in [3.05, 3.63) is 58.4 Å². The van der Waals surface area contributed by atoms with Crippen LogP contribution in [0.15, 0.2) is 47.5 Å². The number of ether oxygens (including phenoxy) is 3. The van der Waals surface area contributed by atoms with Crippen molar-refractivity contribution in [3.8, 4) is 5.75 Å². The lowest BCUT2D eigenvalue weighted by molar-refractivity contribution is 0.0600. The highest BCUT2D eigenvalue weighted by Crippen LogP contribution is 2.21. The van der Waals surface area contributed by atoms with Crippen LogP contribution in [-0.4, -0.2) is 44.4 Å². The van der Waals surface area contributed by atoms with Crippen molar-refractivity contribution in [3.63, 3.8) is 0 Å². The fourth-order valence-corrected chi connectivity index (χ4v) is 3.86. The zero-order chi connectivity index (χ0) is 20.1. The molecule has 0 aliphatic carbocycles. The van der Waals surface area contributed by atoms with Gasteiger partial charge in [0.1, 0.15) is 5.75 Å². The molecule has 0 N–H and O–H groups in total. The highest BCUT2D eigenvalue weighted by Gasteiger charge is 2.14. The molecule has 1 heterocycles. The van der Waals surface area contributed by atoms with Crippen LogP contribution >= 0.6 is 11.3 Å². The summed E-state index contributed by atoms with van der Waals surface area (Å²) in [5.74, 6) is -0.348. The zero-order valence-corrected chi connectivity index (χ0v) is 16.6. The Hall–Kier alpha value is -2.97. The molecule has 3 rings (SSSR count). The lowest BCUT2D eigenvalue weighted by Crippen LogP contribution is -2.19. The summed E-state index contributed by atoms with van der Waals surface area (Å²) >= 11 is 1.32. The summed E-state index contributed by atoms with van der Waals surface area (Å²) in [4.78, 5) is 29.4. The van der Waals surface area contributed by atoms with E-state index in [9.17, 15) is 9.59 Å². The average Bonchev–Trinajstić information content (AvgIpc) is 3.07. The molecule has 2 aromatic carbocycles. The molecule has 0 spiro atoms. The second-order valence-corrected chi connectivity index (χ2v) is 6.83. The van der Waals surface area contributed by atoms with Crippen LogP contribution in [0.1, 0.15) is 20.7 Å². The smallest absolute Gasteiger partial charge is 0.337 e. The fourth-order valence-electron chi connectivity index (χ4n) is 2.77. The van der Waals surface area contributed by atoms with Crippen molar-refractivity contribution in [2.24, 2.45) is 4.99 Å². The molecule has 146 valence electrons. The van der Waals surface area contributed by atoms with Gasteiger partial charge in [0, 0.05) is 13.7 Å². The first kappa shape index (κ1) is 19.8. The largest absolute Gasteiger partial charge is 0.496 e. The third kappa shape index (κ3) is 3.97. The molecule has 0 fully saturated rings. The quantitative estimate of drug-likeness (QED) is 0.595. The zero-order valence-electron chi connectivity index (χ0n) is 15.8. The SMILES string of the molecule is COCCn1c(=NC(=O)c2ccccc2OC)sc2cc(C(=O)OC)ccc21. The number of thiazole rings is 1. The van der Waals surface area contributed by atoms with Gasteiger partial charge in [-0.3, -0.25) is 4.79 Å². The maximum atomic E-state index is 12.8. The van der Waals surface area contributed by atoms with E-state index in [1.807, 2.05) is 10.6 Å². The minimum absolute atomic E-state index is 0.385. The summed E-state index contributed by atoms with van der Waals surface area (Å²) in [5, 5.41) is 0. The van der Waals surface area contributed by atoms with Crippen molar-refractivity contribution >= 4 is 33.4 Å². The van der Waals surface area contributed by atoms with Crippen LogP contribution in [-0.2, 0) is 16.0 Å². The summed E-state index contributed by atoms with van der Waals surface area (Å²) in [6.45, 7) is 0.979. The van der Waals surface area contributed by atoms with Crippen molar-refractivity contribution in [2.75, 3.05) is 27.9 Å². The lowest BCUT2D eigenvalue weighted by Gasteiger charge is -2.06. The number of esters is 1. The predicted molar refractivity (Wildman–Crippen MR) is 106 cm³/mol. The summed E-state index contributed by atoms with van der Waals surface area (Å²) in [6.07, 6.45) is 0. The topological polar surface area (TPSA) is 79.1 Å². The number of fused-ring (bicyclic) bond motifs is 1. The van der Waals surface area contributed by atoms with E-state index in [4.69, 9.17) is 14.2 Å². The molecule has 28 heavy (non-hydrogen) atoms. The van der Waals surface area contributed by atoms with Gasteiger partial charge in [-0.1, -0.05) is 23.5 Å². The lowest BCUT2D eigenvalue weighted by atomic mass is 10.2. The van der Waals surface area contributed by atoms with Gasteiger partial charge in [-0.25, -0.2) is 4.79 Å². The molecule has 1 amide bonds. The molecular formula is C20H20N2O5S. The van der Waals surface area contributed by atoms with E-state index in [-0.39, 0.29) is 0 Å². The van der Waals surface area contributed by atoms with Crippen molar-refractivity contribution in [1.29, 1.82) is 0 Å². The van der Waals surface area contributed by atoms with Crippen LogP contribution in [0.5, 0.6) is 5.75 Å². The molecule has 1 aromatic heterocycles. The molecule has 0 aliphatic heterocycles. The molecule has 0 atom stereocenters. The Balaban J connectivity index is 2.13. The Morgan fingerprint density at radius 3 is 2.61 bits per heavy atom. The Morgan fingerprint density at radius 1 is 1.11 bits per heavy atom. The van der Waals surface area contributed by atoms with Crippen LogP contribution in [0.4, 0.5) is 0 Å². The van der Waals surface area contributed by atoms with E-state index >= 15 is 0 Å². The molecule has 8 heteroatoms. The Bertz CT molecular complexity index is 1080. The third-order valence-corrected chi connectivity index (χ3v) is 5.20. The van der Waals surface area contributed by atoms with Gasteiger partial charge in [-0.2, -0.15) is 4.99 Å². The number of aromatic nitrogens is 1. The molecule has 7 nitrogen and oxygen atoms in total. The van der Waals surface area contributed by atoms with Gasteiger partial charge in [0.25, 0.3) is 5.91 Å². The van der Waals surface area contributed by atoms with E-state index in [0.29, 0.717) is 34.8 Å². The molecule has 0 radical (unpaired) electrons. The number of nitrogens with zero attached hydrogens (tertiary/aromatic N) is 2. The van der Waals surface area contributed by atoms with Gasteiger partial charge in [-0.15, -0.1) is 0 Å². The summed E-state index contributed by atoms with van der Waals surface area (Å²) in [5.41, 5.74) is 1.69. The number of hydrogen-bond donors (Lipinski definition) is 0. The molecule has 0 saturated carbocycles. The molecule has 3 aromatic rings. The Morgan fingerprint density at radius 2 is 1.89 bits per heavy atom. The molecule has 0 unspecified atom stereocenters. The van der Waals surface area contributed by atoms with Crippen molar-refractivity contribution in [2.45, 2.75) is 6.54 Å². The molecule has 0 aliphatic rings. The standard InChI is InChI=1S/C20H20N2O5S/c1-25-11-10-22-15-9-8-13(19(24)27-3)12-17(15)28-20(22)21-18(23)14-6-4-5-7-16(14)26-2/h4-9,12H,10-11H2,1-3H3. The maximum Gasteiger partial charge on any atom is 0.337 e. The summed E-state index contributed by atoms with van der Waals surface area (Å²) in [7, 11) is 4.46. The summed E-state index contributed by atoms with van der Waals surface area (Å²) in [6, 6.07) is 12.2. The number of amides is 1. The molecule has 0 saturated heterocycles. The highest BCUT2D eigenvalue weighted by atomic mass is 32.1. The van der Waals surface area contributed by atoms with Crippen LogP contribution in [0.3, 0.4) is 0 Å². The van der Waals surface area contributed by atoms with Crippen LogP contribution < -0.4 is 9.54 Å². The van der Waals surface area contributed by atoms with E-state index in [1.165, 1.54) is 25.6 Å². The third-order valence-electron chi connectivity index (χ3n) is 4.16. The first-order chi connectivity index (χ1) is 13.6. The minimum atomic E-state index is -0.415. The fraction of sp³-hybridized carbons (Fsp3) is 0.250. The van der Waals surface area contributed by atoms with E-state index in [2.05, 4.69) is 4.99 Å². The maximum absolute atomic E-state index is 12.8. The Kier molecular flexibility index (Phi) is 6.23. The highest BCUT2D eigenvalue weighted by molar-refractivity contribution is 7.16. The van der Waals surface area contributed by atoms with Crippen LogP contribution in [0, 0.1) is 0 Å². The number of carbonyl (C=O) groups excluding carboxylic acids is 2. The van der Waals surface area contributed by atoms with Crippen LogP contribution in [0.2, 0.25) is 0 Å². The van der Waals surface area contributed by atoms with Crippen molar-refractivity contribution in [1.82, 2.24) is 4.57 Å². The van der Waals surface area contributed by atoms with Gasteiger partial charge < -0.3 is 18.8 Å². The first-order valence-corrected chi connectivity index (χ1v) is 9.33. The monoisotopic (exact) mass is 400 g/mol. The van der Waals surface area contributed by atoms with E-state index in [0.717, 1.165) is 10.2 Å². The van der Waals surface area contributed by atoms with Gasteiger partial charge in [0.05, 0.1) is 42.2 Å². The van der Waals surface area contributed by atoms with Gasteiger partial charge >= 0.3 is 5.97 Å². The molecule has 0 bridgehead atoms. The second-order valence-electron chi connectivity index (χ2n) is 5.82. The summed E-state index contributed by atoms with van der Waals surface area (Å²) < 4.78 is 18.0. The van der Waals surface area contributed by atoms with E-state index < -0.39 is 11.9 Å². The predicted octanol–water partition coefficient (Wildman–Crippen LogP) is 2.89. The minimum Gasteiger partial charge on any atom is -0.496 e. The van der Waals surface area contributed by atoms with Crippen LogP contribution in [0.25, 0.3) is 10.2 Å². The first-order valence-electron chi connectivity index (χ1n) is 8.51. The van der Waals surface area contributed by atoms with Crippen molar-refractivity contribution < 1.29 is 23.8 Å². The van der Waals surface area contributed by atoms with Gasteiger partial charge in [0.2, 0.25) is 0 Å². The van der Waals surface area contributed by atoms with Gasteiger partial charge in [-0.05, 0) is 30.3 Å².